The minimum absolute atomic E-state index is 0.0997. The van der Waals surface area contributed by atoms with Gasteiger partial charge < -0.3 is 10.6 Å². The van der Waals surface area contributed by atoms with Crippen molar-refractivity contribution in [2.75, 3.05) is 13.1 Å². The highest BCUT2D eigenvalue weighted by molar-refractivity contribution is 5.77. The van der Waals surface area contributed by atoms with Gasteiger partial charge >= 0.3 is 0 Å². The summed E-state index contributed by atoms with van der Waals surface area (Å²) in [5.41, 5.74) is 0. The number of rotatable bonds is 7. The van der Waals surface area contributed by atoms with Crippen molar-refractivity contribution in [3.8, 4) is 0 Å². The van der Waals surface area contributed by atoms with E-state index in [1.165, 1.54) is 25.7 Å². The van der Waals surface area contributed by atoms with Gasteiger partial charge in [0.2, 0.25) is 5.91 Å². The Morgan fingerprint density at radius 3 is 2.12 bits per heavy atom. The quantitative estimate of drug-likeness (QED) is 0.644. The molecule has 0 aromatic carbocycles. The Balaban J connectivity index is 1.57. The van der Waals surface area contributed by atoms with Crippen molar-refractivity contribution < 1.29 is 4.79 Å². The molecule has 0 saturated heterocycles. The molecule has 1 amide bonds. The van der Waals surface area contributed by atoms with E-state index in [2.05, 4.69) is 10.6 Å². The predicted octanol–water partition coefficient (Wildman–Crippen LogP) is 1.54. The number of carbonyl (C=O) groups excluding carboxylic acids is 1. The minimum atomic E-state index is 0.0997. The molecule has 0 atom stereocenters. The van der Waals surface area contributed by atoms with Crippen molar-refractivity contribution in [1.82, 2.24) is 10.6 Å². The number of amides is 1. The predicted molar refractivity (Wildman–Crippen MR) is 65.1 cm³/mol. The smallest absolute Gasteiger partial charge is 0.222 e. The van der Waals surface area contributed by atoms with E-state index in [1.807, 2.05) is 13.8 Å². The van der Waals surface area contributed by atoms with E-state index in [4.69, 9.17) is 0 Å². The highest BCUT2D eigenvalue weighted by Gasteiger charge is 2.40. The fourth-order valence-corrected chi connectivity index (χ4v) is 2.26. The SMILES string of the molecule is CC(C)C(=O)NCCNC(C1CC1)C1CC1. The standard InChI is InChI=1S/C13H24N2O/c1-9(2)13(16)15-8-7-14-12(10-3-4-10)11-5-6-11/h9-12,14H,3-8H2,1-2H3,(H,15,16). The number of hydrogen-bond acceptors (Lipinski definition) is 2. The zero-order valence-electron chi connectivity index (χ0n) is 10.5. The lowest BCUT2D eigenvalue weighted by Crippen LogP contribution is -2.40. The molecule has 2 N–H and O–H groups in total. The zero-order chi connectivity index (χ0) is 11.5. The summed E-state index contributed by atoms with van der Waals surface area (Å²) in [6.07, 6.45) is 5.64. The summed E-state index contributed by atoms with van der Waals surface area (Å²) >= 11 is 0. The molecule has 0 bridgehead atoms. The van der Waals surface area contributed by atoms with Crippen LogP contribution in [0.1, 0.15) is 39.5 Å². The van der Waals surface area contributed by atoms with Crippen LogP contribution in [-0.2, 0) is 4.79 Å². The van der Waals surface area contributed by atoms with Crippen LogP contribution in [0.15, 0.2) is 0 Å². The maximum Gasteiger partial charge on any atom is 0.222 e. The van der Waals surface area contributed by atoms with Gasteiger partial charge in [0.15, 0.2) is 0 Å². The van der Waals surface area contributed by atoms with E-state index in [0.29, 0.717) is 0 Å². The second-order valence-electron chi connectivity index (χ2n) is 5.60. The van der Waals surface area contributed by atoms with Gasteiger partial charge in [-0.3, -0.25) is 4.79 Å². The Kier molecular flexibility index (Phi) is 3.85. The Labute approximate surface area is 98.4 Å². The van der Waals surface area contributed by atoms with Crippen LogP contribution in [0, 0.1) is 17.8 Å². The zero-order valence-corrected chi connectivity index (χ0v) is 10.5. The molecule has 92 valence electrons. The first-order valence-corrected chi connectivity index (χ1v) is 6.69. The van der Waals surface area contributed by atoms with Gasteiger partial charge in [-0.05, 0) is 37.5 Å². The summed E-state index contributed by atoms with van der Waals surface area (Å²) in [6, 6.07) is 0.746. The third kappa shape index (κ3) is 3.48. The highest BCUT2D eigenvalue weighted by Crippen LogP contribution is 2.44. The molecule has 0 aromatic heterocycles. The molecule has 0 heterocycles. The van der Waals surface area contributed by atoms with Crippen molar-refractivity contribution in [3.05, 3.63) is 0 Å². The van der Waals surface area contributed by atoms with E-state index in [1.54, 1.807) is 0 Å². The summed E-state index contributed by atoms with van der Waals surface area (Å²) in [4.78, 5) is 11.3. The molecule has 3 nitrogen and oxygen atoms in total. The number of hydrogen-bond donors (Lipinski definition) is 2. The monoisotopic (exact) mass is 224 g/mol. The lowest BCUT2D eigenvalue weighted by atomic mass is 10.1. The lowest BCUT2D eigenvalue weighted by Gasteiger charge is -2.18. The van der Waals surface area contributed by atoms with Gasteiger partial charge in [-0.25, -0.2) is 0 Å². The Morgan fingerprint density at radius 1 is 1.12 bits per heavy atom. The summed E-state index contributed by atoms with van der Waals surface area (Å²) < 4.78 is 0. The molecule has 2 fully saturated rings. The van der Waals surface area contributed by atoms with Gasteiger partial charge in [-0.2, -0.15) is 0 Å². The molecule has 0 radical (unpaired) electrons. The van der Waals surface area contributed by atoms with Crippen LogP contribution >= 0.6 is 0 Å². The first kappa shape index (κ1) is 11.9. The molecule has 2 saturated carbocycles. The van der Waals surface area contributed by atoms with Crippen LogP contribution in [0.3, 0.4) is 0 Å². The first-order valence-electron chi connectivity index (χ1n) is 6.69. The van der Waals surface area contributed by atoms with E-state index < -0.39 is 0 Å². The largest absolute Gasteiger partial charge is 0.355 e. The maximum absolute atomic E-state index is 11.3. The minimum Gasteiger partial charge on any atom is -0.355 e. The van der Waals surface area contributed by atoms with Crippen molar-refractivity contribution in [1.29, 1.82) is 0 Å². The third-order valence-corrected chi connectivity index (χ3v) is 3.59. The molecule has 0 unspecified atom stereocenters. The molecule has 2 aliphatic carbocycles. The average Bonchev–Trinajstić information content (AvgIpc) is 3.10. The molecule has 0 aliphatic heterocycles. The fourth-order valence-electron chi connectivity index (χ4n) is 2.26. The van der Waals surface area contributed by atoms with Crippen molar-refractivity contribution in [2.45, 2.75) is 45.6 Å². The summed E-state index contributed by atoms with van der Waals surface area (Å²) in [7, 11) is 0. The Bertz CT molecular complexity index is 232. The van der Waals surface area contributed by atoms with Crippen LogP contribution in [0.2, 0.25) is 0 Å². The lowest BCUT2D eigenvalue weighted by molar-refractivity contribution is -0.123. The van der Waals surface area contributed by atoms with Crippen LogP contribution in [0.5, 0.6) is 0 Å². The molecule has 0 aromatic rings. The van der Waals surface area contributed by atoms with Gasteiger partial charge in [0.1, 0.15) is 0 Å². The van der Waals surface area contributed by atoms with Gasteiger partial charge in [-0.15, -0.1) is 0 Å². The van der Waals surface area contributed by atoms with E-state index >= 15 is 0 Å². The average molecular weight is 224 g/mol. The van der Waals surface area contributed by atoms with E-state index in [0.717, 1.165) is 31.0 Å². The third-order valence-electron chi connectivity index (χ3n) is 3.59. The van der Waals surface area contributed by atoms with Gasteiger partial charge in [0, 0.05) is 25.0 Å². The fraction of sp³-hybridized carbons (Fsp3) is 0.923. The Morgan fingerprint density at radius 2 is 1.69 bits per heavy atom. The second kappa shape index (κ2) is 5.17. The molecular formula is C13H24N2O. The van der Waals surface area contributed by atoms with Crippen LogP contribution in [0.25, 0.3) is 0 Å². The van der Waals surface area contributed by atoms with Crippen molar-refractivity contribution >= 4 is 5.91 Å². The van der Waals surface area contributed by atoms with Crippen molar-refractivity contribution in [2.24, 2.45) is 17.8 Å². The second-order valence-corrected chi connectivity index (χ2v) is 5.60. The number of carbonyl (C=O) groups is 1. The highest BCUT2D eigenvalue weighted by atomic mass is 16.1. The van der Waals surface area contributed by atoms with Crippen LogP contribution < -0.4 is 10.6 Å². The molecule has 2 rings (SSSR count). The summed E-state index contributed by atoms with van der Waals surface area (Å²) in [6.45, 7) is 5.56. The van der Waals surface area contributed by atoms with Gasteiger partial charge in [0.25, 0.3) is 0 Å². The van der Waals surface area contributed by atoms with Crippen LogP contribution in [-0.4, -0.2) is 25.0 Å². The van der Waals surface area contributed by atoms with Crippen LogP contribution in [0.4, 0.5) is 0 Å². The van der Waals surface area contributed by atoms with Gasteiger partial charge in [0.05, 0.1) is 0 Å². The van der Waals surface area contributed by atoms with Gasteiger partial charge in [-0.1, -0.05) is 13.8 Å². The first-order chi connectivity index (χ1) is 7.68. The Hall–Kier alpha value is -0.570. The molecule has 16 heavy (non-hydrogen) atoms. The summed E-state index contributed by atoms with van der Waals surface area (Å²) in [5.74, 6) is 2.14. The molecular weight excluding hydrogens is 200 g/mol. The summed E-state index contributed by atoms with van der Waals surface area (Å²) in [5, 5.41) is 6.58. The van der Waals surface area contributed by atoms with E-state index in [-0.39, 0.29) is 11.8 Å². The topological polar surface area (TPSA) is 41.1 Å². The van der Waals surface area contributed by atoms with E-state index in [9.17, 15) is 4.79 Å². The normalized spacial score (nSPS) is 20.5. The van der Waals surface area contributed by atoms with Crippen molar-refractivity contribution in [3.63, 3.8) is 0 Å². The maximum atomic E-state index is 11.3. The molecule has 0 spiro atoms. The molecule has 3 heteroatoms. The molecule has 2 aliphatic rings. The number of nitrogens with one attached hydrogen (secondary N) is 2.